The van der Waals surface area contributed by atoms with Crippen molar-refractivity contribution in [2.45, 2.75) is 31.6 Å². The molecule has 0 bridgehead atoms. The highest BCUT2D eigenvalue weighted by Crippen LogP contribution is 2.46. The lowest BCUT2D eigenvalue weighted by Crippen LogP contribution is -2.36. The molecule has 1 N–H and O–H groups in total. The number of carbonyl (C=O) groups excluding carboxylic acids is 2. The van der Waals surface area contributed by atoms with Gasteiger partial charge in [-0.25, -0.2) is 4.79 Å². The highest BCUT2D eigenvalue weighted by atomic mass is 79.9. The second kappa shape index (κ2) is 11.2. The monoisotopic (exact) mass is 557 g/mol. The van der Waals surface area contributed by atoms with E-state index in [1.54, 1.807) is 0 Å². The number of nitrogens with one attached hydrogen (secondary N) is 1. The Hall–Kier alpha value is -3.64. The third kappa shape index (κ3) is 5.54. The maximum Gasteiger partial charge on any atom is 0.336 e. The van der Waals surface area contributed by atoms with Crippen molar-refractivity contribution in [1.82, 2.24) is 5.32 Å². The first kappa shape index (κ1) is 25.0. The zero-order valence-electron chi connectivity index (χ0n) is 20.6. The van der Waals surface area contributed by atoms with E-state index in [9.17, 15) is 9.59 Å². The number of hydrogen-bond donors (Lipinski definition) is 1. The molecule has 1 aliphatic carbocycles. The first-order chi connectivity index (χ1) is 18.0. The standard InChI is InChI=1S/C31H28BrNO4/c1-20-28(31(35)37-16-15-36-25-13-6-3-7-14-25)29(22-11-8-12-24(32)17-22)30-26(33-20)18-23(19-27(30)34)21-9-4-2-5-10-21/h2-14,17,23,29,33H,15-16,18-19H2,1H3/t23-,29-/m0/s1. The fourth-order valence-electron chi connectivity index (χ4n) is 5.18. The number of dihydropyridines is 1. The van der Waals surface area contributed by atoms with Gasteiger partial charge in [0, 0.05) is 33.8 Å². The van der Waals surface area contributed by atoms with E-state index in [0.29, 0.717) is 29.7 Å². The maximum atomic E-state index is 13.7. The molecule has 0 radical (unpaired) electrons. The average molecular weight is 558 g/mol. The molecule has 3 aromatic rings. The number of Topliss-reactive ketones (excluding diaryl/α,β-unsaturated/α-hetero) is 1. The lowest BCUT2D eigenvalue weighted by atomic mass is 9.72. The van der Waals surface area contributed by atoms with Crippen LogP contribution in [0.2, 0.25) is 0 Å². The summed E-state index contributed by atoms with van der Waals surface area (Å²) >= 11 is 3.55. The molecule has 0 fully saturated rings. The van der Waals surface area contributed by atoms with Gasteiger partial charge in [-0.1, -0.05) is 76.6 Å². The van der Waals surface area contributed by atoms with Crippen LogP contribution >= 0.6 is 15.9 Å². The zero-order valence-corrected chi connectivity index (χ0v) is 22.2. The van der Waals surface area contributed by atoms with Gasteiger partial charge in [0.05, 0.1) is 5.57 Å². The molecule has 0 unspecified atom stereocenters. The molecule has 0 saturated carbocycles. The molecule has 1 heterocycles. The minimum atomic E-state index is -0.500. The van der Waals surface area contributed by atoms with E-state index < -0.39 is 11.9 Å². The van der Waals surface area contributed by atoms with Crippen LogP contribution in [0.4, 0.5) is 0 Å². The Balaban J connectivity index is 1.42. The molecular formula is C31H28BrNO4. The number of esters is 1. The van der Waals surface area contributed by atoms with Gasteiger partial charge in [-0.05, 0) is 54.7 Å². The molecule has 5 nitrogen and oxygen atoms in total. The fraction of sp³-hybridized carbons (Fsp3) is 0.226. The van der Waals surface area contributed by atoms with Crippen LogP contribution in [0, 0.1) is 0 Å². The Morgan fingerprint density at radius 3 is 2.35 bits per heavy atom. The van der Waals surface area contributed by atoms with Gasteiger partial charge in [0.25, 0.3) is 0 Å². The molecule has 1 aliphatic heterocycles. The van der Waals surface area contributed by atoms with Crippen LogP contribution in [0.15, 0.2) is 112 Å². The van der Waals surface area contributed by atoms with Gasteiger partial charge in [0.15, 0.2) is 5.78 Å². The average Bonchev–Trinajstić information content (AvgIpc) is 2.91. The number of para-hydroxylation sites is 1. The quantitative estimate of drug-likeness (QED) is 0.267. The maximum absolute atomic E-state index is 13.7. The molecule has 0 spiro atoms. The van der Waals surface area contributed by atoms with E-state index in [-0.39, 0.29) is 24.9 Å². The zero-order chi connectivity index (χ0) is 25.8. The Bertz CT molecular complexity index is 1360. The van der Waals surface area contributed by atoms with Crippen LogP contribution in [0.25, 0.3) is 0 Å². The largest absolute Gasteiger partial charge is 0.490 e. The van der Waals surface area contributed by atoms with Gasteiger partial charge in [-0.2, -0.15) is 0 Å². The van der Waals surface area contributed by atoms with E-state index >= 15 is 0 Å². The molecule has 3 aromatic carbocycles. The minimum Gasteiger partial charge on any atom is -0.490 e. The lowest BCUT2D eigenvalue weighted by molar-refractivity contribution is -0.140. The summed E-state index contributed by atoms with van der Waals surface area (Å²) in [5.41, 5.74) is 4.73. The van der Waals surface area contributed by atoms with Crippen molar-refractivity contribution in [3.05, 3.63) is 123 Å². The fourth-order valence-corrected chi connectivity index (χ4v) is 5.60. The number of hydrogen-bond acceptors (Lipinski definition) is 5. The molecule has 0 aromatic heterocycles. The van der Waals surface area contributed by atoms with Crippen LogP contribution in [0.1, 0.15) is 42.7 Å². The Morgan fingerprint density at radius 1 is 0.919 bits per heavy atom. The second-order valence-electron chi connectivity index (χ2n) is 9.28. The minimum absolute atomic E-state index is 0.0535. The third-order valence-electron chi connectivity index (χ3n) is 6.83. The normalized spacial score (nSPS) is 19.2. The molecule has 37 heavy (non-hydrogen) atoms. The van der Waals surface area contributed by atoms with Crippen LogP contribution in [-0.4, -0.2) is 25.0 Å². The topological polar surface area (TPSA) is 64.6 Å². The summed E-state index contributed by atoms with van der Waals surface area (Å²) in [5.74, 6) is -0.0788. The van der Waals surface area contributed by atoms with Gasteiger partial charge in [-0.3, -0.25) is 4.79 Å². The second-order valence-corrected chi connectivity index (χ2v) is 10.2. The van der Waals surface area contributed by atoms with Crippen molar-refractivity contribution in [2.75, 3.05) is 13.2 Å². The molecular weight excluding hydrogens is 530 g/mol. The summed E-state index contributed by atoms with van der Waals surface area (Å²) < 4.78 is 12.2. The number of rotatable bonds is 7. The van der Waals surface area contributed by atoms with E-state index in [1.165, 1.54) is 0 Å². The van der Waals surface area contributed by atoms with Crippen LogP contribution < -0.4 is 10.1 Å². The SMILES string of the molecule is CC1=C(C(=O)OCCOc2ccccc2)[C@H](c2cccc(Br)c2)C2=C(C[C@H](c3ccccc3)CC2=O)N1. The summed E-state index contributed by atoms with van der Waals surface area (Å²) in [7, 11) is 0. The van der Waals surface area contributed by atoms with Crippen molar-refractivity contribution >= 4 is 27.7 Å². The van der Waals surface area contributed by atoms with Crippen molar-refractivity contribution in [3.8, 4) is 5.75 Å². The van der Waals surface area contributed by atoms with E-state index in [4.69, 9.17) is 9.47 Å². The predicted octanol–water partition coefficient (Wildman–Crippen LogP) is 6.43. The summed E-state index contributed by atoms with van der Waals surface area (Å²) in [6.07, 6.45) is 1.11. The van der Waals surface area contributed by atoms with Gasteiger partial charge >= 0.3 is 5.97 Å². The van der Waals surface area contributed by atoms with Crippen LogP contribution in [0.3, 0.4) is 0 Å². The number of ether oxygens (including phenoxy) is 2. The van der Waals surface area contributed by atoms with Gasteiger partial charge in [-0.15, -0.1) is 0 Å². The Labute approximate surface area is 225 Å². The highest BCUT2D eigenvalue weighted by molar-refractivity contribution is 9.10. The molecule has 5 rings (SSSR count). The van der Waals surface area contributed by atoms with Crippen molar-refractivity contribution in [3.63, 3.8) is 0 Å². The van der Waals surface area contributed by atoms with E-state index in [1.807, 2.05) is 79.7 Å². The number of halogens is 1. The van der Waals surface area contributed by atoms with Crippen LogP contribution in [-0.2, 0) is 14.3 Å². The first-order valence-electron chi connectivity index (χ1n) is 12.4. The molecule has 0 amide bonds. The Morgan fingerprint density at radius 2 is 1.62 bits per heavy atom. The Kier molecular flexibility index (Phi) is 7.56. The van der Waals surface area contributed by atoms with Gasteiger partial charge in [0.1, 0.15) is 19.0 Å². The molecule has 2 aliphatic rings. The molecule has 6 heteroatoms. The lowest BCUT2D eigenvalue weighted by Gasteiger charge is -2.36. The van der Waals surface area contributed by atoms with Crippen LogP contribution in [0.5, 0.6) is 5.75 Å². The highest BCUT2D eigenvalue weighted by Gasteiger charge is 2.41. The number of benzene rings is 3. The molecule has 0 saturated heterocycles. The van der Waals surface area contributed by atoms with E-state index in [0.717, 1.165) is 27.0 Å². The van der Waals surface area contributed by atoms with Crippen molar-refractivity contribution in [1.29, 1.82) is 0 Å². The third-order valence-corrected chi connectivity index (χ3v) is 7.32. The summed E-state index contributed by atoms with van der Waals surface area (Å²) in [4.78, 5) is 27.1. The molecule has 188 valence electrons. The van der Waals surface area contributed by atoms with Gasteiger partial charge < -0.3 is 14.8 Å². The predicted molar refractivity (Wildman–Crippen MR) is 146 cm³/mol. The van der Waals surface area contributed by atoms with E-state index in [2.05, 4.69) is 33.4 Å². The van der Waals surface area contributed by atoms with Crippen molar-refractivity contribution < 1.29 is 19.1 Å². The smallest absolute Gasteiger partial charge is 0.336 e. The number of ketones is 1. The molecule has 2 atom stereocenters. The number of carbonyl (C=O) groups is 2. The van der Waals surface area contributed by atoms with Crippen molar-refractivity contribution in [2.24, 2.45) is 0 Å². The summed E-state index contributed by atoms with van der Waals surface area (Å²) in [6, 6.07) is 27.3. The number of allylic oxidation sites excluding steroid dienone is 3. The summed E-state index contributed by atoms with van der Waals surface area (Å²) in [5, 5.41) is 3.40. The van der Waals surface area contributed by atoms with Gasteiger partial charge in [0.2, 0.25) is 0 Å². The first-order valence-corrected chi connectivity index (χ1v) is 13.2. The summed E-state index contributed by atoms with van der Waals surface area (Å²) in [6.45, 7) is 2.22.